The zero-order valence-electron chi connectivity index (χ0n) is 17.7. The summed E-state index contributed by atoms with van der Waals surface area (Å²) in [4.78, 5) is 28.2. The van der Waals surface area contributed by atoms with Crippen molar-refractivity contribution < 1.29 is 19.1 Å². The van der Waals surface area contributed by atoms with Crippen molar-refractivity contribution in [2.75, 3.05) is 26.3 Å². The molecular formula is C25H26N2O4. The molecular weight excluding hydrogens is 392 g/mol. The van der Waals surface area contributed by atoms with E-state index in [2.05, 4.69) is 11.5 Å². The number of hydrogen-bond acceptors (Lipinski definition) is 4. The van der Waals surface area contributed by atoms with Crippen LogP contribution in [0.5, 0.6) is 11.5 Å². The van der Waals surface area contributed by atoms with Crippen molar-refractivity contribution in [3.63, 3.8) is 0 Å². The lowest BCUT2D eigenvalue weighted by Gasteiger charge is -2.31. The molecule has 0 spiro atoms. The van der Waals surface area contributed by atoms with Gasteiger partial charge in [-0.1, -0.05) is 18.2 Å². The summed E-state index contributed by atoms with van der Waals surface area (Å²) in [7, 11) is 0. The van der Waals surface area contributed by atoms with E-state index in [9.17, 15) is 9.59 Å². The predicted octanol–water partition coefficient (Wildman–Crippen LogP) is 4.17. The molecule has 2 aromatic carbocycles. The van der Waals surface area contributed by atoms with E-state index < -0.39 is 0 Å². The number of ketones is 1. The summed E-state index contributed by atoms with van der Waals surface area (Å²) in [6.07, 6.45) is 1.34. The average Bonchev–Trinajstić information content (AvgIpc) is 3.21. The van der Waals surface area contributed by atoms with Gasteiger partial charge in [0.2, 0.25) is 0 Å². The number of aryl methyl sites for hydroxylation is 1. The van der Waals surface area contributed by atoms with Gasteiger partial charge in [0.1, 0.15) is 18.9 Å². The number of fused-ring (bicyclic) bond motifs is 2. The topological polar surface area (TPSA) is 60.8 Å². The minimum Gasteiger partial charge on any atom is -0.486 e. The van der Waals surface area contributed by atoms with Crippen LogP contribution >= 0.6 is 0 Å². The van der Waals surface area contributed by atoms with Crippen molar-refractivity contribution in [1.82, 2.24) is 9.47 Å². The number of nitrogens with zero attached hydrogens (tertiary/aromatic N) is 2. The maximum atomic E-state index is 13.2. The van der Waals surface area contributed by atoms with E-state index in [0.717, 1.165) is 23.1 Å². The van der Waals surface area contributed by atoms with Crippen molar-refractivity contribution in [1.29, 1.82) is 0 Å². The van der Waals surface area contributed by atoms with Gasteiger partial charge in [-0.3, -0.25) is 9.59 Å². The Labute approximate surface area is 181 Å². The van der Waals surface area contributed by atoms with Crippen molar-refractivity contribution in [3.05, 3.63) is 59.8 Å². The molecule has 31 heavy (non-hydrogen) atoms. The highest BCUT2D eigenvalue weighted by atomic mass is 16.6. The third-order valence-corrected chi connectivity index (χ3v) is 6.33. The molecule has 0 aliphatic carbocycles. The second-order valence-corrected chi connectivity index (χ2v) is 8.12. The van der Waals surface area contributed by atoms with Gasteiger partial charge in [-0.2, -0.15) is 0 Å². The van der Waals surface area contributed by atoms with Crippen LogP contribution in [0.1, 0.15) is 40.6 Å². The largest absolute Gasteiger partial charge is 0.486 e. The number of amides is 1. The van der Waals surface area contributed by atoms with Gasteiger partial charge in [0.25, 0.3) is 5.91 Å². The second kappa shape index (κ2) is 8.10. The summed E-state index contributed by atoms with van der Waals surface area (Å²) in [6.45, 7) is 5.01. The molecule has 0 radical (unpaired) electrons. The van der Waals surface area contributed by atoms with Crippen LogP contribution in [0.2, 0.25) is 0 Å². The molecule has 2 aliphatic rings. The van der Waals surface area contributed by atoms with Crippen molar-refractivity contribution in [2.24, 2.45) is 5.92 Å². The second-order valence-electron chi connectivity index (χ2n) is 8.12. The van der Waals surface area contributed by atoms with Gasteiger partial charge in [-0.25, -0.2) is 0 Å². The molecule has 1 fully saturated rings. The SMILES string of the molecule is CCn1c(C(=O)N2CCC(C(=O)c3ccc4c(c3)OCCO4)CC2)cc2ccccc21. The van der Waals surface area contributed by atoms with E-state index in [1.54, 1.807) is 6.07 Å². The fraction of sp³-hybridized carbons (Fsp3) is 0.360. The van der Waals surface area contributed by atoms with Crippen LogP contribution in [0.3, 0.4) is 0 Å². The Morgan fingerprint density at radius 1 is 0.968 bits per heavy atom. The molecule has 5 rings (SSSR count). The highest BCUT2D eigenvalue weighted by molar-refractivity contribution is 6.00. The van der Waals surface area contributed by atoms with Gasteiger partial charge in [-0.15, -0.1) is 0 Å². The van der Waals surface area contributed by atoms with Crippen molar-refractivity contribution >= 4 is 22.6 Å². The Hall–Kier alpha value is -3.28. The summed E-state index contributed by atoms with van der Waals surface area (Å²) in [5.41, 5.74) is 2.46. The van der Waals surface area contributed by atoms with Gasteiger partial charge in [0, 0.05) is 42.0 Å². The minimum absolute atomic E-state index is 0.0447. The molecule has 6 nitrogen and oxygen atoms in total. The lowest BCUT2D eigenvalue weighted by molar-refractivity contribution is 0.0642. The van der Waals surface area contributed by atoms with Crippen LogP contribution in [0.15, 0.2) is 48.5 Å². The molecule has 0 atom stereocenters. The number of carbonyl (C=O) groups is 2. The van der Waals surface area contributed by atoms with Gasteiger partial charge in [0.05, 0.1) is 0 Å². The molecule has 3 aromatic rings. The molecule has 0 saturated carbocycles. The highest BCUT2D eigenvalue weighted by Crippen LogP contribution is 2.33. The van der Waals surface area contributed by atoms with Gasteiger partial charge >= 0.3 is 0 Å². The number of likely N-dealkylation sites (tertiary alicyclic amines) is 1. The molecule has 0 N–H and O–H groups in total. The lowest BCUT2D eigenvalue weighted by Crippen LogP contribution is -2.41. The predicted molar refractivity (Wildman–Crippen MR) is 118 cm³/mol. The van der Waals surface area contributed by atoms with Crippen molar-refractivity contribution in [2.45, 2.75) is 26.3 Å². The normalized spacial score (nSPS) is 16.5. The number of Topliss-reactive ketones (excluding diaryl/α,β-unsaturated/α-hetero) is 1. The number of benzene rings is 2. The molecule has 160 valence electrons. The highest BCUT2D eigenvalue weighted by Gasteiger charge is 2.30. The standard InChI is InChI=1S/C25H26N2O4/c1-2-27-20-6-4-3-5-18(20)15-21(27)25(29)26-11-9-17(10-12-26)24(28)19-7-8-22-23(16-19)31-14-13-30-22/h3-8,15-17H,2,9-14H2,1H3. The van der Waals surface area contributed by atoms with E-state index in [4.69, 9.17) is 9.47 Å². The number of piperidine rings is 1. The van der Waals surface area contributed by atoms with Gasteiger partial charge in [-0.05, 0) is 50.1 Å². The number of ether oxygens (including phenoxy) is 2. The number of aromatic nitrogens is 1. The summed E-state index contributed by atoms with van der Waals surface area (Å²) >= 11 is 0. The van der Waals surface area contributed by atoms with E-state index in [1.165, 1.54) is 0 Å². The number of hydrogen-bond donors (Lipinski definition) is 0. The molecule has 2 aliphatic heterocycles. The first-order valence-corrected chi connectivity index (χ1v) is 11.0. The average molecular weight is 418 g/mol. The van der Waals surface area contributed by atoms with E-state index in [-0.39, 0.29) is 17.6 Å². The Bertz CT molecular complexity index is 1140. The third kappa shape index (κ3) is 3.56. The number of para-hydroxylation sites is 1. The van der Waals surface area contributed by atoms with Crippen LogP contribution in [-0.4, -0.2) is 47.5 Å². The summed E-state index contributed by atoms with van der Waals surface area (Å²) in [5, 5.41) is 1.08. The smallest absolute Gasteiger partial charge is 0.270 e. The fourth-order valence-electron chi connectivity index (χ4n) is 4.67. The van der Waals surface area contributed by atoms with Crippen LogP contribution in [0, 0.1) is 5.92 Å². The number of rotatable bonds is 4. The van der Waals surface area contributed by atoms with Gasteiger partial charge < -0.3 is 18.9 Å². The first kappa shape index (κ1) is 19.7. The quantitative estimate of drug-likeness (QED) is 0.597. The number of carbonyl (C=O) groups excluding carboxylic acids is 2. The van der Waals surface area contributed by atoms with E-state index in [0.29, 0.717) is 56.2 Å². The monoisotopic (exact) mass is 418 g/mol. The first-order valence-electron chi connectivity index (χ1n) is 11.0. The van der Waals surface area contributed by atoms with E-state index in [1.807, 2.05) is 47.4 Å². The van der Waals surface area contributed by atoms with E-state index >= 15 is 0 Å². The summed E-state index contributed by atoms with van der Waals surface area (Å²) in [6, 6.07) is 15.5. The fourth-order valence-corrected chi connectivity index (χ4v) is 4.67. The van der Waals surface area contributed by atoms with Crippen LogP contribution in [0.25, 0.3) is 10.9 Å². The van der Waals surface area contributed by atoms with Crippen LogP contribution < -0.4 is 9.47 Å². The third-order valence-electron chi connectivity index (χ3n) is 6.33. The molecule has 0 unspecified atom stereocenters. The molecule has 1 saturated heterocycles. The maximum absolute atomic E-state index is 13.2. The lowest BCUT2D eigenvalue weighted by atomic mass is 9.88. The molecule has 0 bridgehead atoms. The summed E-state index contributed by atoms with van der Waals surface area (Å²) < 4.78 is 13.2. The zero-order chi connectivity index (χ0) is 21.4. The van der Waals surface area contributed by atoms with Crippen LogP contribution in [-0.2, 0) is 6.54 Å². The summed E-state index contributed by atoms with van der Waals surface area (Å²) in [5.74, 6) is 1.41. The van der Waals surface area contributed by atoms with Gasteiger partial charge in [0.15, 0.2) is 17.3 Å². The molecule has 6 heteroatoms. The molecule has 3 heterocycles. The van der Waals surface area contributed by atoms with Crippen LogP contribution in [0.4, 0.5) is 0 Å². The first-order chi connectivity index (χ1) is 15.2. The Morgan fingerprint density at radius 2 is 1.71 bits per heavy atom. The Morgan fingerprint density at radius 3 is 2.48 bits per heavy atom. The maximum Gasteiger partial charge on any atom is 0.270 e. The Balaban J connectivity index is 1.28. The van der Waals surface area contributed by atoms with Crippen molar-refractivity contribution in [3.8, 4) is 11.5 Å². The molecule has 1 amide bonds. The zero-order valence-corrected chi connectivity index (χ0v) is 17.7. The molecule has 1 aromatic heterocycles. The minimum atomic E-state index is -0.0800. The Kier molecular flexibility index (Phi) is 5.14.